The zero-order valence-corrected chi connectivity index (χ0v) is 12.1. The van der Waals surface area contributed by atoms with Gasteiger partial charge in [0.05, 0.1) is 12.1 Å². The Kier molecular flexibility index (Phi) is 4.16. The van der Waals surface area contributed by atoms with Crippen molar-refractivity contribution in [1.29, 1.82) is 0 Å². The van der Waals surface area contributed by atoms with Crippen LogP contribution in [0, 0.1) is 6.92 Å². The van der Waals surface area contributed by atoms with E-state index >= 15 is 0 Å². The Morgan fingerprint density at radius 1 is 1.32 bits per heavy atom. The molecular formula is C14H17N3OS. The number of aryl methyl sites for hydroxylation is 1. The van der Waals surface area contributed by atoms with Crippen LogP contribution < -0.4 is 5.32 Å². The second-order valence-corrected chi connectivity index (χ2v) is 5.87. The van der Waals surface area contributed by atoms with E-state index in [0.29, 0.717) is 5.56 Å². The maximum absolute atomic E-state index is 11.7. The number of carbonyl (C=O) groups excluding carboxylic acids is 1. The lowest BCUT2D eigenvalue weighted by atomic mass is 10.2. The van der Waals surface area contributed by atoms with Gasteiger partial charge in [0.1, 0.15) is 5.82 Å². The Morgan fingerprint density at radius 2 is 2.11 bits per heavy atom. The third-order valence-corrected chi connectivity index (χ3v) is 3.66. The van der Waals surface area contributed by atoms with Gasteiger partial charge in [-0.3, -0.25) is 4.79 Å². The zero-order chi connectivity index (χ0) is 13.8. The highest BCUT2D eigenvalue weighted by atomic mass is 32.1. The molecule has 0 atom stereocenters. The molecule has 0 aliphatic carbocycles. The third kappa shape index (κ3) is 3.54. The Morgan fingerprint density at radius 3 is 2.63 bits per heavy atom. The van der Waals surface area contributed by atoms with E-state index in [-0.39, 0.29) is 5.91 Å². The number of nitrogens with one attached hydrogen (secondary N) is 1. The number of pyridine rings is 1. The Labute approximate surface area is 117 Å². The van der Waals surface area contributed by atoms with Crippen molar-refractivity contribution < 1.29 is 4.79 Å². The first-order valence-corrected chi connectivity index (χ1v) is 6.85. The Bertz CT molecular complexity index is 560. The van der Waals surface area contributed by atoms with Gasteiger partial charge in [-0.15, -0.1) is 11.3 Å². The molecule has 0 aliphatic heterocycles. The van der Waals surface area contributed by atoms with Crippen LogP contribution in [0.5, 0.6) is 0 Å². The van der Waals surface area contributed by atoms with Gasteiger partial charge < -0.3 is 10.2 Å². The van der Waals surface area contributed by atoms with E-state index in [1.165, 1.54) is 9.75 Å². The van der Waals surface area contributed by atoms with Crippen molar-refractivity contribution in [1.82, 2.24) is 9.88 Å². The normalized spacial score (nSPS) is 10.3. The van der Waals surface area contributed by atoms with Crippen LogP contribution in [0.3, 0.4) is 0 Å². The maximum Gasteiger partial charge on any atom is 0.254 e. The summed E-state index contributed by atoms with van der Waals surface area (Å²) in [6.07, 6.45) is 1.60. The van der Waals surface area contributed by atoms with E-state index in [1.807, 2.05) is 6.07 Å². The SMILES string of the molecule is Cc1ccc(CNc2ccc(C(=O)N(C)C)cn2)s1. The van der Waals surface area contributed by atoms with E-state index in [4.69, 9.17) is 0 Å². The predicted molar refractivity (Wildman–Crippen MR) is 78.6 cm³/mol. The van der Waals surface area contributed by atoms with E-state index in [1.54, 1.807) is 42.6 Å². The van der Waals surface area contributed by atoms with Crippen molar-refractivity contribution >= 4 is 23.1 Å². The molecule has 0 saturated heterocycles. The van der Waals surface area contributed by atoms with E-state index in [9.17, 15) is 4.79 Å². The topological polar surface area (TPSA) is 45.2 Å². The molecule has 0 aromatic carbocycles. The molecule has 4 nitrogen and oxygen atoms in total. The van der Waals surface area contributed by atoms with Crippen LogP contribution in [0.4, 0.5) is 5.82 Å². The fraction of sp³-hybridized carbons (Fsp3) is 0.286. The summed E-state index contributed by atoms with van der Waals surface area (Å²) in [5, 5.41) is 3.24. The van der Waals surface area contributed by atoms with Crippen LogP contribution in [-0.4, -0.2) is 29.9 Å². The number of hydrogen-bond acceptors (Lipinski definition) is 4. The number of anilines is 1. The summed E-state index contributed by atoms with van der Waals surface area (Å²) in [6, 6.07) is 7.83. The van der Waals surface area contributed by atoms with Crippen LogP contribution in [0.2, 0.25) is 0 Å². The highest BCUT2D eigenvalue weighted by Crippen LogP contribution is 2.16. The van der Waals surface area contributed by atoms with Crippen molar-refractivity contribution in [2.75, 3.05) is 19.4 Å². The fourth-order valence-corrected chi connectivity index (χ4v) is 2.47. The number of amides is 1. The molecule has 0 spiro atoms. The third-order valence-electron chi connectivity index (χ3n) is 2.66. The summed E-state index contributed by atoms with van der Waals surface area (Å²) in [5.41, 5.74) is 0.600. The first-order valence-electron chi connectivity index (χ1n) is 6.03. The lowest BCUT2D eigenvalue weighted by molar-refractivity contribution is 0.0827. The van der Waals surface area contributed by atoms with Crippen molar-refractivity contribution in [3.05, 3.63) is 45.8 Å². The number of nitrogens with zero attached hydrogens (tertiary/aromatic N) is 2. The minimum atomic E-state index is -0.0343. The van der Waals surface area contributed by atoms with Crippen molar-refractivity contribution in [3.8, 4) is 0 Å². The number of carbonyl (C=O) groups is 1. The van der Waals surface area contributed by atoms with Crippen LogP contribution >= 0.6 is 11.3 Å². The van der Waals surface area contributed by atoms with Crippen molar-refractivity contribution in [2.24, 2.45) is 0 Å². The summed E-state index contributed by atoms with van der Waals surface area (Å²) in [5.74, 6) is 0.745. The van der Waals surface area contributed by atoms with Crippen LogP contribution in [0.15, 0.2) is 30.5 Å². The molecule has 0 aliphatic rings. The van der Waals surface area contributed by atoms with Gasteiger partial charge in [-0.1, -0.05) is 0 Å². The van der Waals surface area contributed by atoms with Crippen LogP contribution in [0.25, 0.3) is 0 Å². The molecule has 2 rings (SSSR count). The fourth-order valence-electron chi connectivity index (χ4n) is 1.64. The minimum absolute atomic E-state index is 0.0343. The van der Waals surface area contributed by atoms with Gasteiger partial charge in [-0.2, -0.15) is 0 Å². The highest BCUT2D eigenvalue weighted by Gasteiger charge is 2.07. The average Bonchev–Trinajstić information content (AvgIpc) is 2.82. The number of thiophene rings is 1. The number of rotatable bonds is 4. The summed E-state index contributed by atoms with van der Waals surface area (Å²) < 4.78 is 0. The van der Waals surface area contributed by atoms with E-state index in [2.05, 4.69) is 29.4 Å². The monoisotopic (exact) mass is 275 g/mol. The molecule has 100 valence electrons. The van der Waals surface area contributed by atoms with Gasteiger partial charge >= 0.3 is 0 Å². The predicted octanol–water partition coefficient (Wildman–Crippen LogP) is 2.77. The molecule has 0 unspecified atom stereocenters. The summed E-state index contributed by atoms with van der Waals surface area (Å²) in [6.45, 7) is 2.85. The molecule has 2 heterocycles. The number of hydrogen-bond donors (Lipinski definition) is 1. The molecule has 0 saturated carbocycles. The summed E-state index contributed by atoms with van der Waals surface area (Å²) >= 11 is 1.77. The highest BCUT2D eigenvalue weighted by molar-refractivity contribution is 7.11. The standard InChI is InChI=1S/C14H17N3OS/c1-10-4-6-12(19-10)9-16-13-7-5-11(8-15-13)14(18)17(2)3/h4-8H,9H2,1-3H3,(H,15,16). The van der Waals surface area contributed by atoms with E-state index < -0.39 is 0 Å². The molecule has 0 bridgehead atoms. The lowest BCUT2D eigenvalue weighted by Gasteiger charge is -2.10. The quantitative estimate of drug-likeness (QED) is 0.933. The van der Waals surface area contributed by atoms with Gasteiger partial charge in [-0.05, 0) is 31.2 Å². The van der Waals surface area contributed by atoms with Crippen LogP contribution in [0.1, 0.15) is 20.1 Å². The summed E-state index contributed by atoms with van der Waals surface area (Å²) in [4.78, 5) is 20.1. The Balaban J connectivity index is 1.97. The lowest BCUT2D eigenvalue weighted by Crippen LogP contribution is -2.21. The molecule has 1 N–H and O–H groups in total. The van der Waals surface area contributed by atoms with Gasteiger partial charge in [-0.25, -0.2) is 4.98 Å². The average molecular weight is 275 g/mol. The van der Waals surface area contributed by atoms with Gasteiger partial charge in [0.15, 0.2) is 0 Å². The number of aromatic nitrogens is 1. The van der Waals surface area contributed by atoms with E-state index in [0.717, 1.165) is 12.4 Å². The Hall–Kier alpha value is -1.88. The smallest absolute Gasteiger partial charge is 0.254 e. The summed E-state index contributed by atoms with van der Waals surface area (Å²) in [7, 11) is 3.46. The van der Waals surface area contributed by atoms with Crippen molar-refractivity contribution in [3.63, 3.8) is 0 Å². The molecule has 19 heavy (non-hydrogen) atoms. The second-order valence-electron chi connectivity index (χ2n) is 4.50. The molecule has 2 aromatic rings. The van der Waals surface area contributed by atoms with Gasteiger partial charge in [0, 0.05) is 30.0 Å². The second kappa shape index (κ2) is 5.84. The molecule has 1 amide bonds. The first-order chi connectivity index (χ1) is 9.06. The van der Waals surface area contributed by atoms with Crippen LogP contribution in [-0.2, 0) is 6.54 Å². The van der Waals surface area contributed by atoms with Crippen molar-refractivity contribution in [2.45, 2.75) is 13.5 Å². The molecular weight excluding hydrogens is 258 g/mol. The maximum atomic E-state index is 11.7. The molecule has 0 fully saturated rings. The van der Waals surface area contributed by atoms with Gasteiger partial charge in [0.25, 0.3) is 5.91 Å². The zero-order valence-electron chi connectivity index (χ0n) is 11.3. The van der Waals surface area contributed by atoms with Gasteiger partial charge in [0.2, 0.25) is 0 Å². The molecule has 5 heteroatoms. The molecule has 2 aromatic heterocycles. The minimum Gasteiger partial charge on any atom is -0.365 e. The largest absolute Gasteiger partial charge is 0.365 e. The first kappa shape index (κ1) is 13.5. The molecule has 0 radical (unpaired) electrons.